The first-order valence-electron chi connectivity index (χ1n) is 9.15. The van der Waals surface area contributed by atoms with E-state index >= 15 is 0 Å². The van der Waals surface area contributed by atoms with Gasteiger partial charge in [0.1, 0.15) is 18.1 Å². The quantitative estimate of drug-likeness (QED) is 0.898. The highest BCUT2D eigenvalue weighted by Crippen LogP contribution is 2.31. The summed E-state index contributed by atoms with van der Waals surface area (Å²) >= 11 is 0. The number of hydrogen-bond donors (Lipinski definition) is 1. The zero-order chi connectivity index (χ0) is 18.8. The highest BCUT2D eigenvalue weighted by atomic mass is 19.1. The van der Waals surface area contributed by atoms with Gasteiger partial charge in [0.05, 0.1) is 24.9 Å². The molecule has 0 bridgehead atoms. The Labute approximate surface area is 157 Å². The van der Waals surface area contributed by atoms with Crippen LogP contribution in [0.15, 0.2) is 30.3 Å². The van der Waals surface area contributed by atoms with Crippen LogP contribution in [0.3, 0.4) is 0 Å². The second kappa shape index (κ2) is 7.52. The van der Waals surface area contributed by atoms with Crippen LogP contribution in [0.5, 0.6) is 5.88 Å². The summed E-state index contributed by atoms with van der Waals surface area (Å²) in [5, 5.41) is 3.35. The van der Waals surface area contributed by atoms with E-state index in [1.54, 1.807) is 17.0 Å². The fraction of sp³-hybridized carbons (Fsp3) is 0.400. The van der Waals surface area contributed by atoms with Gasteiger partial charge in [-0.15, -0.1) is 0 Å². The number of morpholine rings is 1. The predicted octanol–water partition coefficient (Wildman–Crippen LogP) is 2.48. The maximum atomic E-state index is 13.2. The van der Waals surface area contributed by atoms with Gasteiger partial charge in [-0.2, -0.15) is 0 Å². The minimum Gasteiger partial charge on any atom is -0.474 e. The Balaban J connectivity index is 1.70. The van der Waals surface area contributed by atoms with Crippen LogP contribution >= 0.6 is 0 Å². The summed E-state index contributed by atoms with van der Waals surface area (Å²) < 4.78 is 24.3. The standard InChI is InChI=1S/C20H22FN3O3/c1-13-12-27-19-17(22-13)11-15(10-14-2-4-16(21)5-3-14)18(23-19)20(25)24-6-8-26-9-7-24/h2-5,11,13,22H,6-10,12H2,1H3. The molecule has 4 rings (SSSR count). The van der Waals surface area contributed by atoms with Crippen molar-refractivity contribution in [2.45, 2.75) is 19.4 Å². The smallest absolute Gasteiger partial charge is 0.273 e. The number of nitrogens with zero attached hydrogens (tertiary/aromatic N) is 2. The van der Waals surface area contributed by atoms with E-state index in [-0.39, 0.29) is 17.8 Å². The van der Waals surface area contributed by atoms with Crippen molar-refractivity contribution < 1.29 is 18.7 Å². The summed E-state index contributed by atoms with van der Waals surface area (Å²) in [5.41, 5.74) is 2.88. The number of nitrogens with one attached hydrogen (secondary N) is 1. The maximum Gasteiger partial charge on any atom is 0.273 e. The number of anilines is 1. The molecule has 27 heavy (non-hydrogen) atoms. The molecule has 1 fully saturated rings. The molecule has 0 aliphatic carbocycles. The highest BCUT2D eigenvalue weighted by molar-refractivity contribution is 5.94. The van der Waals surface area contributed by atoms with E-state index < -0.39 is 0 Å². The van der Waals surface area contributed by atoms with Gasteiger partial charge in [-0.1, -0.05) is 12.1 Å². The molecule has 1 amide bonds. The van der Waals surface area contributed by atoms with E-state index in [1.165, 1.54) is 12.1 Å². The Kier molecular flexibility index (Phi) is 4.94. The van der Waals surface area contributed by atoms with Crippen molar-refractivity contribution in [3.8, 4) is 5.88 Å². The van der Waals surface area contributed by atoms with Crippen LogP contribution in [0.25, 0.3) is 0 Å². The molecule has 0 saturated carbocycles. The van der Waals surface area contributed by atoms with Crippen molar-refractivity contribution in [2.75, 3.05) is 38.2 Å². The second-order valence-electron chi connectivity index (χ2n) is 6.91. The summed E-state index contributed by atoms with van der Waals surface area (Å²) in [6, 6.07) is 8.39. The van der Waals surface area contributed by atoms with Crippen LogP contribution in [0.2, 0.25) is 0 Å². The van der Waals surface area contributed by atoms with Gasteiger partial charge < -0.3 is 19.7 Å². The van der Waals surface area contributed by atoms with Crippen molar-refractivity contribution in [1.29, 1.82) is 0 Å². The van der Waals surface area contributed by atoms with Crippen molar-refractivity contribution >= 4 is 11.6 Å². The van der Waals surface area contributed by atoms with Gasteiger partial charge in [-0.25, -0.2) is 9.37 Å². The summed E-state index contributed by atoms with van der Waals surface area (Å²) in [6.07, 6.45) is 0.488. The van der Waals surface area contributed by atoms with E-state index in [0.29, 0.717) is 50.9 Å². The monoisotopic (exact) mass is 371 g/mol. The zero-order valence-electron chi connectivity index (χ0n) is 15.2. The lowest BCUT2D eigenvalue weighted by Crippen LogP contribution is -2.41. The molecule has 2 aromatic rings. The number of rotatable bonds is 3. The zero-order valence-corrected chi connectivity index (χ0v) is 15.2. The van der Waals surface area contributed by atoms with E-state index in [4.69, 9.17) is 9.47 Å². The molecule has 142 valence electrons. The summed E-state index contributed by atoms with van der Waals surface area (Å²) in [6.45, 7) is 4.67. The molecule has 2 aliphatic heterocycles. The van der Waals surface area contributed by atoms with Gasteiger partial charge in [-0.3, -0.25) is 4.79 Å². The number of ether oxygens (including phenoxy) is 2. The number of aromatic nitrogens is 1. The summed E-state index contributed by atoms with van der Waals surface area (Å²) in [5.74, 6) is 0.0452. The first-order valence-corrected chi connectivity index (χ1v) is 9.15. The molecule has 1 aromatic carbocycles. The SMILES string of the molecule is CC1COc2nc(C(=O)N3CCOCC3)c(Cc3ccc(F)cc3)cc2N1. The number of carbonyl (C=O) groups is 1. The Morgan fingerprint density at radius 1 is 1.30 bits per heavy atom. The normalized spacial score (nSPS) is 19.0. The van der Waals surface area contributed by atoms with Gasteiger partial charge in [0.15, 0.2) is 0 Å². The predicted molar refractivity (Wildman–Crippen MR) is 98.7 cm³/mol. The van der Waals surface area contributed by atoms with Crippen LogP contribution in [-0.2, 0) is 11.2 Å². The molecule has 2 aliphatic rings. The van der Waals surface area contributed by atoms with Crippen molar-refractivity contribution in [3.63, 3.8) is 0 Å². The maximum absolute atomic E-state index is 13.2. The average molecular weight is 371 g/mol. The molecule has 3 heterocycles. The largest absolute Gasteiger partial charge is 0.474 e. The molecule has 1 aromatic heterocycles. The molecule has 1 saturated heterocycles. The molecule has 0 spiro atoms. The number of fused-ring (bicyclic) bond motifs is 1. The minimum atomic E-state index is -0.282. The van der Waals surface area contributed by atoms with Gasteiger partial charge in [0.25, 0.3) is 5.91 Å². The molecular weight excluding hydrogens is 349 g/mol. The molecule has 7 heteroatoms. The molecule has 0 radical (unpaired) electrons. The van der Waals surface area contributed by atoms with E-state index in [1.807, 2.05) is 13.0 Å². The fourth-order valence-electron chi connectivity index (χ4n) is 3.32. The Morgan fingerprint density at radius 2 is 2.04 bits per heavy atom. The van der Waals surface area contributed by atoms with E-state index in [9.17, 15) is 9.18 Å². The molecule has 1 unspecified atom stereocenters. The summed E-state index contributed by atoms with van der Waals surface area (Å²) in [7, 11) is 0. The van der Waals surface area contributed by atoms with Crippen molar-refractivity contribution in [1.82, 2.24) is 9.88 Å². The fourth-order valence-corrected chi connectivity index (χ4v) is 3.32. The molecular formula is C20H22FN3O3. The highest BCUT2D eigenvalue weighted by Gasteiger charge is 2.26. The molecule has 1 N–H and O–H groups in total. The first kappa shape index (κ1) is 17.7. The topological polar surface area (TPSA) is 63.7 Å². The van der Waals surface area contributed by atoms with Crippen LogP contribution in [0.4, 0.5) is 10.1 Å². The van der Waals surface area contributed by atoms with E-state index in [2.05, 4.69) is 10.3 Å². The molecule has 1 atom stereocenters. The number of hydrogen-bond acceptors (Lipinski definition) is 5. The van der Waals surface area contributed by atoms with Crippen molar-refractivity contribution in [2.24, 2.45) is 0 Å². The number of carbonyl (C=O) groups excluding carboxylic acids is 1. The third-order valence-electron chi connectivity index (χ3n) is 4.75. The lowest BCUT2D eigenvalue weighted by Gasteiger charge is -2.29. The van der Waals surface area contributed by atoms with Crippen LogP contribution < -0.4 is 10.1 Å². The third-order valence-corrected chi connectivity index (χ3v) is 4.75. The Morgan fingerprint density at radius 3 is 2.78 bits per heavy atom. The number of benzene rings is 1. The lowest BCUT2D eigenvalue weighted by molar-refractivity contribution is 0.0297. The Hall–Kier alpha value is -2.67. The van der Waals surface area contributed by atoms with Gasteiger partial charge in [0.2, 0.25) is 5.88 Å². The van der Waals surface area contributed by atoms with Gasteiger partial charge >= 0.3 is 0 Å². The molecule has 6 nitrogen and oxygen atoms in total. The Bertz CT molecular complexity index is 835. The van der Waals surface area contributed by atoms with Crippen LogP contribution in [0.1, 0.15) is 28.5 Å². The number of halogens is 1. The minimum absolute atomic E-state index is 0.125. The number of pyridine rings is 1. The first-order chi connectivity index (χ1) is 13.1. The van der Waals surface area contributed by atoms with Crippen LogP contribution in [-0.4, -0.2) is 54.7 Å². The van der Waals surface area contributed by atoms with Gasteiger partial charge in [0, 0.05) is 13.1 Å². The van der Waals surface area contributed by atoms with Crippen molar-refractivity contribution in [3.05, 3.63) is 53.0 Å². The lowest BCUT2D eigenvalue weighted by atomic mass is 10.0. The summed E-state index contributed by atoms with van der Waals surface area (Å²) in [4.78, 5) is 19.4. The van der Waals surface area contributed by atoms with E-state index in [0.717, 1.165) is 16.8 Å². The third kappa shape index (κ3) is 3.88. The number of amides is 1. The second-order valence-corrected chi connectivity index (χ2v) is 6.91. The van der Waals surface area contributed by atoms with Crippen LogP contribution in [0, 0.1) is 5.82 Å². The average Bonchev–Trinajstić information content (AvgIpc) is 2.69. The van der Waals surface area contributed by atoms with Gasteiger partial charge in [-0.05, 0) is 42.7 Å².